The maximum atomic E-state index is 13.6. The van der Waals surface area contributed by atoms with Gasteiger partial charge in [-0.05, 0) is 75.7 Å². The van der Waals surface area contributed by atoms with Gasteiger partial charge in [-0.3, -0.25) is 14.4 Å². The lowest BCUT2D eigenvalue weighted by atomic mass is 10.1. The van der Waals surface area contributed by atoms with Crippen LogP contribution in [0, 0.1) is 6.92 Å². The SMILES string of the molecule is COc1cc(C(=O)Nc2ccc(C)cc2)ccc1C(=O)N(C)c1ccc(Cl)cc1OCCCCCC(=O)N1CCN(C)CC1. The van der Waals surface area contributed by atoms with Gasteiger partial charge in [0.15, 0.2) is 0 Å². The number of carbonyl (C=O) groups excluding carboxylic acids is 3. The quantitative estimate of drug-likeness (QED) is 0.254. The topological polar surface area (TPSA) is 91.4 Å². The lowest BCUT2D eigenvalue weighted by Gasteiger charge is -2.32. The van der Waals surface area contributed by atoms with Crippen molar-refractivity contribution < 1.29 is 23.9 Å². The molecule has 1 aliphatic heterocycles. The Balaban J connectivity index is 1.34. The van der Waals surface area contributed by atoms with Crippen LogP contribution in [0.1, 0.15) is 52.0 Å². The molecule has 1 fully saturated rings. The van der Waals surface area contributed by atoms with E-state index in [1.807, 2.05) is 36.1 Å². The first-order chi connectivity index (χ1) is 21.2. The summed E-state index contributed by atoms with van der Waals surface area (Å²) in [5.41, 5.74) is 2.98. The van der Waals surface area contributed by atoms with Gasteiger partial charge in [0.05, 0.1) is 25.0 Å². The number of amides is 3. The van der Waals surface area contributed by atoms with Crippen LogP contribution in [0.15, 0.2) is 60.7 Å². The second-order valence-corrected chi connectivity index (χ2v) is 11.5. The van der Waals surface area contributed by atoms with E-state index in [0.717, 1.165) is 51.0 Å². The van der Waals surface area contributed by atoms with E-state index in [1.165, 1.54) is 12.0 Å². The molecule has 9 nitrogen and oxygen atoms in total. The Morgan fingerprint density at radius 2 is 1.64 bits per heavy atom. The Bertz CT molecular complexity index is 1450. The lowest BCUT2D eigenvalue weighted by Crippen LogP contribution is -2.47. The van der Waals surface area contributed by atoms with Crippen molar-refractivity contribution in [3.63, 3.8) is 0 Å². The summed E-state index contributed by atoms with van der Waals surface area (Å²) in [6, 6.07) is 17.4. The molecule has 1 N–H and O–H groups in total. The Kier molecular flexibility index (Phi) is 11.6. The standard InChI is InChI=1S/C34H41ClN4O5/c1-24-9-13-27(14-10-24)36-33(41)25-11-15-28(30(22-25)43-4)34(42)38(3)29-16-12-26(35)23-31(29)44-21-7-5-6-8-32(40)39-19-17-37(2)18-20-39/h9-16,22-23H,5-8,17-21H2,1-4H3,(H,36,41). The third kappa shape index (κ3) is 8.74. The van der Waals surface area contributed by atoms with Gasteiger partial charge in [-0.2, -0.15) is 0 Å². The van der Waals surface area contributed by atoms with Gasteiger partial charge < -0.3 is 29.5 Å². The molecule has 0 radical (unpaired) electrons. The van der Waals surface area contributed by atoms with Gasteiger partial charge in [0.1, 0.15) is 11.5 Å². The molecule has 0 atom stereocenters. The first-order valence-electron chi connectivity index (χ1n) is 14.9. The number of nitrogens with zero attached hydrogens (tertiary/aromatic N) is 3. The fourth-order valence-electron chi connectivity index (χ4n) is 4.97. The number of hydrogen-bond donors (Lipinski definition) is 1. The number of nitrogens with one attached hydrogen (secondary N) is 1. The molecule has 4 rings (SSSR count). The smallest absolute Gasteiger partial charge is 0.261 e. The fraction of sp³-hybridized carbons (Fsp3) is 0.382. The average molecular weight is 621 g/mol. The minimum atomic E-state index is -0.332. The summed E-state index contributed by atoms with van der Waals surface area (Å²) >= 11 is 6.27. The highest BCUT2D eigenvalue weighted by Gasteiger charge is 2.23. The zero-order valence-corrected chi connectivity index (χ0v) is 26.7. The predicted octanol–water partition coefficient (Wildman–Crippen LogP) is 5.90. The number of carbonyl (C=O) groups is 3. The van der Waals surface area contributed by atoms with Gasteiger partial charge in [0.25, 0.3) is 11.8 Å². The summed E-state index contributed by atoms with van der Waals surface area (Å²) in [6.07, 6.45) is 2.95. The third-order valence-corrected chi connectivity index (χ3v) is 7.98. The van der Waals surface area contributed by atoms with E-state index in [0.29, 0.717) is 46.3 Å². The number of hydrogen-bond acceptors (Lipinski definition) is 6. The zero-order chi connectivity index (χ0) is 31.6. The summed E-state index contributed by atoms with van der Waals surface area (Å²) in [5.74, 6) is 0.334. The Labute approximate surface area is 264 Å². The highest BCUT2D eigenvalue weighted by Crippen LogP contribution is 2.33. The zero-order valence-electron chi connectivity index (χ0n) is 25.9. The molecule has 0 spiro atoms. The number of unbranched alkanes of at least 4 members (excludes halogenated alkanes) is 2. The van der Waals surface area contributed by atoms with Crippen LogP contribution < -0.4 is 19.7 Å². The van der Waals surface area contributed by atoms with E-state index in [1.54, 1.807) is 43.4 Å². The summed E-state index contributed by atoms with van der Waals surface area (Å²) < 4.78 is 11.6. The minimum Gasteiger partial charge on any atom is -0.496 e. The number of benzene rings is 3. The number of halogens is 1. The number of rotatable bonds is 12. The number of aryl methyl sites for hydroxylation is 1. The molecule has 234 valence electrons. The summed E-state index contributed by atoms with van der Waals surface area (Å²) in [4.78, 5) is 44.6. The van der Waals surface area contributed by atoms with Crippen molar-refractivity contribution in [3.8, 4) is 11.5 Å². The second kappa shape index (κ2) is 15.6. The second-order valence-electron chi connectivity index (χ2n) is 11.1. The predicted molar refractivity (Wildman–Crippen MR) is 174 cm³/mol. The molecular weight excluding hydrogens is 580 g/mol. The molecule has 3 amide bonds. The van der Waals surface area contributed by atoms with Crippen LogP contribution in [-0.2, 0) is 4.79 Å². The van der Waals surface area contributed by atoms with Crippen molar-refractivity contribution in [2.75, 3.05) is 64.2 Å². The summed E-state index contributed by atoms with van der Waals surface area (Å²) in [7, 11) is 5.19. The van der Waals surface area contributed by atoms with E-state index >= 15 is 0 Å². The van der Waals surface area contributed by atoms with E-state index in [4.69, 9.17) is 21.1 Å². The first kappa shape index (κ1) is 32.8. The molecular formula is C34H41ClN4O5. The van der Waals surface area contributed by atoms with Crippen LogP contribution in [0.5, 0.6) is 11.5 Å². The van der Waals surface area contributed by atoms with E-state index < -0.39 is 0 Å². The first-order valence-corrected chi connectivity index (χ1v) is 15.3. The van der Waals surface area contributed by atoms with Crippen molar-refractivity contribution in [3.05, 3.63) is 82.4 Å². The number of anilines is 2. The Morgan fingerprint density at radius 3 is 2.34 bits per heavy atom. The Morgan fingerprint density at radius 1 is 0.909 bits per heavy atom. The summed E-state index contributed by atoms with van der Waals surface area (Å²) in [5, 5.41) is 3.35. The molecule has 1 aliphatic rings. The van der Waals surface area contributed by atoms with Crippen molar-refractivity contribution in [2.45, 2.75) is 32.6 Å². The van der Waals surface area contributed by atoms with Crippen LogP contribution >= 0.6 is 11.6 Å². The van der Waals surface area contributed by atoms with Crippen LogP contribution in [0.4, 0.5) is 11.4 Å². The van der Waals surface area contributed by atoms with Gasteiger partial charge >= 0.3 is 0 Å². The van der Waals surface area contributed by atoms with E-state index in [9.17, 15) is 14.4 Å². The highest BCUT2D eigenvalue weighted by molar-refractivity contribution is 6.30. The van der Waals surface area contributed by atoms with Crippen molar-refractivity contribution in [1.82, 2.24) is 9.80 Å². The van der Waals surface area contributed by atoms with Gasteiger partial charge in [-0.25, -0.2) is 0 Å². The van der Waals surface area contributed by atoms with E-state index in [-0.39, 0.29) is 23.5 Å². The number of likely N-dealkylation sites (N-methyl/N-ethyl adjacent to an activating group) is 1. The van der Waals surface area contributed by atoms with Crippen LogP contribution in [0.2, 0.25) is 5.02 Å². The van der Waals surface area contributed by atoms with Crippen molar-refractivity contribution >= 4 is 40.7 Å². The maximum absolute atomic E-state index is 13.6. The molecule has 0 unspecified atom stereocenters. The fourth-order valence-corrected chi connectivity index (χ4v) is 5.13. The highest BCUT2D eigenvalue weighted by atomic mass is 35.5. The van der Waals surface area contributed by atoms with Crippen LogP contribution in [0.25, 0.3) is 0 Å². The molecule has 1 heterocycles. The van der Waals surface area contributed by atoms with Crippen LogP contribution in [0.3, 0.4) is 0 Å². The molecule has 44 heavy (non-hydrogen) atoms. The van der Waals surface area contributed by atoms with Gasteiger partial charge in [0, 0.05) is 62.0 Å². The monoisotopic (exact) mass is 620 g/mol. The molecule has 10 heteroatoms. The number of piperazine rings is 1. The average Bonchev–Trinajstić information content (AvgIpc) is 3.03. The molecule has 3 aromatic rings. The molecule has 0 aliphatic carbocycles. The molecule has 1 saturated heterocycles. The third-order valence-electron chi connectivity index (χ3n) is 7.74. The van der Waals surface area contributed by atoms with Crippen LogP contribution in [-0.4, -0.2) is 81.5 Å². The maximum Gasteiger partial charge on any atom is 0.261 e. The van der Waals surface area contributed by atoms with Crippen molar-refractivity contribution in [2.24, 2.45) is 0 Å². The molecule has 0 bridgehead atoms. The Hall–Kier alpha value is -4.08. The van der Waals surface area contributed by atoms with Gasteiger partial charge in [-0.1, -0.05) is 29.3 Å². The minimum absolute atomic E-state index is 0.214. The summed E-state index contributed by atoms with van der Waals surface area (Å²) in [6.45, 7) is 5.82. The number of ether oxygens (including phenoxy) is 2. The van der Waals surface area contributed by atoms with Gasteiger partial charge in [-0.15, -0.1) is 0 Å². The lowest BCUT2D eigenvalue weighted by molar-refractivity contribution is -0.132. The molecule has 0 saturated carbocycles. The molecule has 3 aromatic carbocycles. The normalized spacial score (nSPS) is 13.3. The van der Waals surface area contributed by atoms with Crippen molar-refractivity contribution in [1.29, 1.82) is 0 Å². The van der Waals surface area contributed by atoms with E-state index in [2.05, 4.69) is 17.3 Å². The largest absolute Gasteiger partial charge is 0.496 e. The molecule has 0 aromatic heterocycles. The number of methoxy groups -OCH3 is 1. The van der Waals surface area contributed by atoms with Gasteiger partial charge in [0.2, 0.25) is 5.91 Å².